The Morgan fingerprint density at radius 2 is 1.01 bits per heavy atom. The number of esters is 1. The van der Waals surface area contributed by atoms with Crippen LogP contribution in [0.25, 0.3) is 22.3 Å². The van der Waals surface area contributed by atoms with Gasteiger partial charge in [0.1, 0.15) is 28.7 Å². The predicted molar refractivity (Wildman–Crippen MR) is 291 cm³/mol. The highest BCUT2D eigenvalue weighted by Crippen LogP contribution is 2.36. The standard InChI is InChI=1S/C34H46N2O6.C25H30N2O4.ClH/c1-33(2,3)41-30(37)21-28(35-32(39)42-34(4,5)6)31(38)36-19-18-26-20-25(14-17-29(26)36)24-12-15-27(16-13-24)40-22-23-10-8-7-9-11-23;26-22(15-24(28)29)25(30)27-13-12-20-14-19(8-11-23(20)27)18-6-9-21(10-7-18)31-16-17-4-2-1-3-5-17;/h12-17,20,23,28H,7-11,18-19,21-22H2,1-6H3,(H,35,39);6-11,14,17,22H,1-5,12-13,15-16,26H2,(H,28,29);1H/t28-;22-;/m11./s1. The van der Waals surface area contributed by atoms with Crippen LogP contribution in [0, 0.1) is 11.8 Å². The largest absolute Gasteiger partial charge is 0.493 e. The zero-order chi connectivity index (χ0) is 52.3. The number of nitrogens with zero attached hydrogens (tertiary/aromatic N) is 2. The molecular formula is C59H77ClN4O10. The van der Waals surface area contributed by atoms with E-state index < -0.39 is 41.3 Å². The summed E-state index contributed by atoms with van der Waals surface area (Å²) in [4.78, 5) is 65.6. The van der Waals surface area contributed by atoms with E-state index in [4.69, 9.17) is 29.8 Å². The van der Waals surface area contributed by atoms with Gasteiger partial charge >= 0.3 is 18.0 Å². The van der Waals surface area contributed by atoms with Gasteiger partial charge in [-0.05, 0) is 174 Å². The number of nitrogens with two attached hydrogens (primary N) is 1. The summed E-state index contributed by atoms with van der Waals surface area (Å²) in [6.45, 7) is 13.0. The molecule has 2 aliphatic heterocycles. The van der Waals surface area contributed by atoms with Crippen molar-refractivity contribution in [3.63, 3.8) is 0 Å². The number of carbonyl (C=O) groups excluding carboxylic acids is 4. The van der Waals surface area contributed by atoms with Crippen LogP contribution in [0.4, 0.5) is 16.2 Å². The first-order valence-electron chi connectivity index (χ1n) is 26.3. The molecule has 4 aromatic rings. The Morgan fingerprint density at radius 1 is 0.595 bits per heavy atom. The summed E-state index contributed by atoms with van der Waals surface area (Å²) in [6.07, 6.45) is 13.0. The van der Waals surface area contributed by atoms with E-state index >= 15 is 0 Å². The molecule has 4 aliphatic rings. The molecule has 0 unspecified atom stereocenters. The maximum atomic E-state index is 13.7. The van der Waals surface area contributed by atoms with E-state index in [1.165, 1.54) is 64.2 Å². The van der Waals surface area contributed by atoms with Gasteiger partial charge in [0.15, 0.2) is 0 Å². The number of carbonyl (C=O) groups is 5. The summed E-state index contributed by atoms with van der Waals surface area (Å²) in [6, 6.07) is 26.2. The van der Waals surface area contributed by atoms with Crippen molar-refractivity contribution in [2.75, 3.05) is 36.1 Å². The summed E-state index contributed by atoms with van der Waals surface area (Å²) >= 11 is 0. The minimum atomic E-state index is -1.12. The Hall–Kier alpha value is -6.12. The summed E-state index contributed by atoms with van der Waals surface area (Å²) in [5.74, 6) is 0.768. The second-order valence-electron chi connectivity index (χ2n) is 22.0. The molecule has 3 amide bonds. The Morgan fingerprint density at radius 3 is 1.43 bits per heavy atom. The summed E-state index contributed by atoms with van der Waals surface area (Å²) in [7, 11) is 0. The molecule has 2 fully saturated rings. The first-order chi connectivity index (χ1) is 34.8. The molecule has 4 aromatic carbocycles. The molecule has 0 bridgehead atoms. The second kappa shape index (κ2) is 25.9. The Balaban J connectivity index is 0.000000248. The normalized spacial score (nSPS) is 16.5. The number of nitrogens with one attached hydrogen (secondary N) is 1. The van der Waals surface area contributed by atoms with Gasteiger partial charge in [0.2, 0.25) is 11.8 Å². The minimum Gasteiger partial charge on any atom is -0.493 e. The molecule has 0 spiro atoms. The number of amides is 3. The first kappa shape index (κ1) is 57.2. The van der Waals surface area contributed by atoms with Crippen molar-refractivity contribution in [3.8, 4) is 33.8 Å². The fourth-order valence-electron chi connectivity index (χ4n) is 10.1. The lowest BCUT2D eigenvalue weighted by Crippen LogP contribution is -2.50. The number of carboxylic acids is 1. The van der Waals surface area contributed by atoms with Crippen molar-refractivity contribution < 1.29 is 48.0 Å². The van der Waals surface area contributed by atoms with E-state index in [0.717, 1.165) is 75.9 Å². The zero-order valence-electron chi connectivity index (χ0n) is 44.1. The summed E-state index contributed by atoms with van der Waals surface area (Å²) in [5, 5.41) is 11.5. The maximum absolute atomic E-state index is 13.7. The van der Waals surface area contributed by atoms with Crippen molar-refractivity contribution in [3.05, 3.63) is 96.1 Å². The lowest BCUT2D eigenvalue weighted by molar-refractivity contribution is -0.156. The molecule has 8 rings (SSSR count). The Labute approximate surface area is 443 Å². The Kier molecular flexibility index (Phi) is 20.0. The van der Waals surface area contributed by atoms with E-state index in [1.807, 2.05) is 48.5 Å². The van der Waals surface area contributed by atoms with Gasteiger partial charge in [-0.2, -0.15) is 0 Å². The molecule has 14 nitrogen and oxygen atoms in total. The number of fused-ring (bicyclic) bond motifs is 2. The van der Waals surface area contributed by atoms with Gasteiger partial charge in [0.05, 0.1) is 32.1 Å². The summed E-state index contributed by atoms with van der Waals surface area (Å²) in [5.41, 5.74) is 12.3. The number of anilines is 2. The number of hydrogen-bond donors (Lipinski definition) is 3. The van der Waals surface area contributed by atoms with Crippen LogP contribution in [0.2, 0.25) is 0 Å². The zero-order valence-corrected chi connectivity index (χ0v) is 44.9. The monoisotopic (exact) mass is 1040 g/mol. The Bertz CT molecular complexity index is 2510. The fraction of sp³-hybridized carbons (Fsp3) is 0.508. The number of aliphatic carboxylic acids is 1. The maximum Gasteiger partial charge on any atom is 0.408 e. The van der Waals surface area contributed by atoms with Crippen LogP contribution in [-0.2, 0) is 41.5 Å². The van der Waals surface area contributed by atoms with Gasteiger partial charge in [0, 0.05) is 24.5 Å². The third-order valence-electron chi connectivity index (χ3n) is 13.8. The van der Waals surface area contributed by atoms with Crippen LogP contribution in [0.1, 0.15) is 130 Å². The van der Waals surface area contributed by atoms with Crippen molar-refractivity contribution >= 4 is 53.6 Å². The number of benzene rings is 4. The number of halogens is 1. The average Bonchev–Trinajstić information content (AvgIpc) is 3.98. The second-order valence-corrected chi connectivity index (χ2v) is 22.0. The lowest BCUT2D eigenvalue weighted by atomic mass is 9.90. The third-order valence-corrected chi connectivity index (χ3v) is 13.8. The first-order valence-corrected chi connectivity index (χ1v) is 26.3. The van der Waals surface area contributed by atoms with Gasteiger partial charge in [-0.1, -0.05) is 74.9 Å². The highest BCUT2D eigenvalue weighted by atomic mass is 35.5. The van der Waals surface area contributed by atoms with E-state index in [9.17, 15) is 24.0 Å². The minimum absolute atomic E-state index is 0. The van der Waals surface area contributed by atoms with Crippen LogP contribution in [0.3, 0.4) is 0 Å². The van der Waals surface area contributed by atoms with Gasteiger partial charge in [-0.15, -0.1) is 12.4 Å². The highest BCUT2D eigenvalue weighted by molar-refractivity contribution is 6.02. The predicted octanol–water partition coefficient (Wildman–Crippen LogP) is 11.3. The number of hydrogen-bond acceptors (Lipinski definition) is 10. The van der Waals surface area contributed by atoms with Crippen LogP contribution in [0.5, 0.6) is 11.5 Å². The fourth-order valence-corrected chi connectivity index (χ4v) is 10.1. The van der Waals surface area contributed by atoms with E-state index in [1.54, 1.807) is 51.3 Å². The van der Waals surface area contributed by atoms with Crippen molar-refractivity contribution in [1.82, 2.24) is 5.32 Å². The van der Waals surface area contributed by atoms with E-state index in [-0.39, 0.29) is 37.1 Å². The smallest absolute Gasteiger partial charge is 0.408 e. The number of alkyl carbamates (subject to hydrolysis) is 1. The summed E-state index contributed by atoms with van der Waals surface area (Å²) < 4.78 is 22.9. The van der Waals surface area contributed by atoms with Crippen LogP contribution in [0.15, 0.2) is 84.9 Å². The molecule has 400 valence electrons. The van der Waals surface area contributed by atoms with Gasteiger partial charge in [0.25, 0.3) is 0 Å². The van der Waals surface area contributed by atoms with Crippen molar-refractivity contribution in [2.24, 2.45) is 17.6 Å². The topological polar surface area (TPSA) is 187 Å². The molecule has 15 heteroatoms. The molecule has 4 N–H and O–H groups in total. The molecular weight excluding hydrogens is 960 g/mol. The van der Waals surface area contributed by atoms with Crippen molar-refractivity contribution in [1.29, 1.82) is 0 Å². The molecule has 2 saturated carbocycles. The number of carboxylic acid groups (broad SMARTS) is 1. The molecule has 2 aliphatic carbocycles. The van der Waals surface area contributed by atoms with Crippen LogP contribution < -0.4 is 30.3 Å². The van der Waals surface area contributed by atoms with Crippen LogP contribution >= 0.6 is 12.4 Å². The van der Waals surface area contributed by atoms with Gasteiger partial charge in [-0.25, -0.2) is 4.79 Å². The third kappa shape index (κ3) is 16.4. The van der Waals surface area contributed by atoms with Crippen molar-refractivity contribution in [2.45, 2.75) is 155 Å². The number of rotatable bonds is 15. The molecule has 74 heavy (non-hydrogen) atoms. The number of ether oxygens (including phenoxy) is 4. The molecule has 0 radical (unpaired) electrons. The highest BCUT2D eigenvalue weighted by Gasteiger charge is 2.35. The van der Waals surface area contributed by atoms with Gasteiger partial charge in [-0.3, -0.25) is 19.2 Å². The van der Waals surface area contributed by atoms with Gasteiger partial charge < -0.3 is 44.9 Å². The molecule has 2 heterocycles. The van der Waals surface area contributed by atoms with E-state index in [2.05, 4.69) is 41.7 Å². The molecule has 0 saturated heterocycles. The lowest BCUT2D eigenvalue weighted by Gasteiger charge is -2.27. The quantitative estimate of drug-likeness (QED) is 0.0962. The van der Waals surface area contributed by atoms with Crippen LogP contribution in [-0.4, -0.2) is 84.5 Å². The SMILES string of the molecule is CC(C)(C)OC(=O)C[C@@H](NC(=O)OC(C)(C)C)C(=O)N1CCc2cc(-c3ccc(OCC4CCCCC4)cc3)ccc21.Cl.N[C@H](CC(=O)O)C(=O)N1CCc2cc(-c3ccc(OCC4CCCCC4)cc3)ccc21. The molecule has 0 aromatic heterocycles. The average molecular weight is 1040 g/mol. The van der Waals surface area contributed by atoms with E-state index in [0.29, 0.717) is 31.3 Å². The molecule has 2 atom stereocenters.